The fraction of sp³-hybridized carbons (Fsp3) is 0.636. The zero-order valence-electron chi connectivity index (χ0n) is 8.91. The van der Waals surface area contributed by atoms with Gasteiger partial charge in [0.25, 0.3) is 0 Å². The highest BCUT2D eigenvalue weighted by Gasteiger charge is 2.85. The lowest BCUT2D eigenvalue weighted by atomic mass is 9.96. The van der Waals surface area contributed by atoms with Crippen molar-refractivity contribution in [3.8, 4) is 0 Å². The largest absolute Gasteiger partial charge is 0.464 e. The molecule has 0 aromatic heterocycles. The summed E-state index contributed by atoms with van der Waals surface area (Å²) >= 11 is 0. The van der Waals surface area contributed by atoms with Gasteiger partial charge in [-0.25, -0.2) is 0 Å². The first-order valence-corrected chi connectivity index (χ1v) is 4.95. The Morgan fingerprint density at radius 1 is 1.73 bits per heavy atom. The van der Waals surface area contributed by atoms with Gasteiger partial charge < -0.3 is 9.47 Å². The zero-order chi connectivity index (χ0) is 11.3. The zero-order valence-corrected chi connectivity index (χ0v) is 8.91. The average Bonchev–Trinajstić information content (AvgIpc) is 2.52. The Labute approximate surface area is 88.2 Å². The number of carbonyl (C=O) groups is 2. The molecule has 2 rings (SSSR count). The summed E-state index contributed by atoms with van der Waals surface area (Å²) in [5.74, 6) is -0.943. The van der Waals surface area contributed by atoms with E-state index in [2.05, 4.69) is 6.58 Å². The minimum atomic E-state index is -1.05. The molecule has 0 aromatic carbocycles. The van der Waals surface area contributed by atoms with Crippen molar-refractivity contribution in [2.75, 3.05) is 13.2 Å². The van der Waals surface area contributed by atoms with Gasteiger partial charge in [-0.3, -0.25) is 9.59 Å². The molecule has 15 heavy (non-hydrogen) atoms. The van der Waals surface area contributed by atoms with E-state index in [9.17, 15) is 9.59 Å². The van der Waals surface area contributed by atoms with Gasteiger partial charge in [0.2, 0.25) is 0 Å². The molecule has 2 unspecified atom stereocenters. The minimum absolute atomic E-state index is 0.0326. The third-order valence-corrected chi connectivity index (χ3v) is 3.68. The Morgan fingerprint density at radius 2 is 2.40 bits per heavy atom. The first kappa shape index (κ1) is 10.2. The van der Waals surface area contributed by atoms with Crippen molar-refractivity contribution in [1.82, 2.24) is 0 Å². The summed E-state index contributed by atoms with van der Waals surface area (Å²) in [6, 6.07) is 0. The number of esters is 2. The Morgan fingerprint density at radius 3 is 2.87 bits per heavy atom. The Bertz CT molecular complexity index is 344. The molecule has 4 nitrogen and oxygen atoms in total. The molecular formula is C11H14O4. The summed E-state index contributed by atoms with van der Waals surface area (Å²) in [7, 11) is 0. The number of cyclic esters (lactones) is 1. The van der Waals surface area contributed by atoms with E-state index < -0.39 is 17.4 Å². The van der Waals surface area contributed by atoms with Crippen LogP contribution in [0.5, 0.6) is 0 Å². The van der Waals surface area contributed by atoms with Crippen molar-refractivity contribution < 1.29 is 19.1 Å². The quantitative estimate of drug-likeness (QED) is 0.395. The number of carbonyl (C=O) groups excluding carboxylic acids is 2. The van der Waals surface area contributed by atoms with Crippen LogP contribution in [0.1, 0.15) is 13.8 Å². The number of rotatable bonds is 3. The number of ether oxygens (including phenoxy) is 2. The van der Waals surface area contributed by atoms with Gasteiger partial charge in [0, 0.05) is 5.92 Å². The van der Waals surface area contributed by atoms with Gasteiger partial charge in [0.05, 0.1) is 6.61 Å². The summed E-state index contributed by atoms with van der Waals surface area (Å²) in [6.45, 7) is 7.71. The molecule has 2 aliphatic rings. The van der Waals surface area contributed by atoms with E-state index in [0.29, 0.717) is 6.61 Å². The fourth-order valence-corrected chi connectivity index (χ4v) is 2.62. The van der Waals surface area contributed by atoms with Crippen LogP contribution in [0.4, 0.5) is 0 Å². The summed E-state index contributed by atoms with van der Waals surface area (Å²) in [6.07, 6.45) is 1.49. The number of fused-ring (bicyclic) bond motifs is 1. The highest BCUT2D eigenvalue weighted by Crippen LogP contribution is 2.72. The topological polar surface area (TPSA) is 52.6 Å². The van der Waals surface area contributed by atoms with E-state index in [4.69, 9.17) is 9.47 Å². The molecule has 0 spiro atoms. The molecule has 0 radical (unpaired) electrons. The maximum absolute atomic E-state index is 11.8. The number of hydrogen-bond donors (Lipinski definition) is 0. The normalized spacial score (nSPS) is 35.3. The Hall–Kier alpha value is -1.32. The fourth-order valence-electron chi connectivity index (χ4n) is 2.62. The maximum atomic E-state index is 11.8. The molecule has 1 aliphatic carbocycles. The maximum Gasteiger partial charge on any atom is 0.324 e. The van der Waals surface area contributed by atoms with Crippen LogP contribution in [0.3, 0.4) is 0 Å². The third kappa shape index (κ3) is 0.967. The second kappa shape index (κ2) is 2.84. The molecule has 0 amide bonds. The number of hydrogen-bond acceptors (Lipinski definition) is 4. The Balaban J connectivity index is 2.22. The van der Waals surface area contributed by atoms with Crippen molar-refractivity contribution in [2.45, 2.75) is 13.8 Å². The van der Waals surface area contributed by atoms with Crippen LogP contribution >= 0.6 is 0 Å². The van der Waals surface area contributed by atoms with Crippen LogP contribution in [-0.4, -0.2) is 25.2 Å². The van der Waals surface area contributed by atoms with E-state index in [1.165, 1.54) is 6.08 Å². The summed E-state index contributed by atoms with van der Waals surface area (Å²) in [5.41, 5.74) is -1.38. The highest BCUT2D eigenvalue weighted by atomic mass is 16.6. The minimum Gasteiger partial charge on any atom is -0.464 e. The van der Waals surface area contributed by atoms with E-state index in [1.807, 2.05) is 13.8 Å². The monoisotopic (exact) mass is 210 g/mol. The lowest BCUT2D eigenvalue weighted by Gasteiger charge is -2.15. The van der Waals surface area contributed by atoms with Crippen molar-refractivity contribution in [3.05, 3.63) is 12.7 Å². The van der Waals surface area contributed by atoms with E-state index >= 15 is 0 Å². The van der Waals surface area contributed by atoms with Crippen LogP contribution in [0.25, 0.3) is 0 Å². The molecule has 1 aliphatic heterocycles. The van der Waals surface area contributed by atoms with Gasteiger partial charge in [-0.1, -0.05) is 26.5 Å². The molecule has 1 saturated heterocycles. The lowest BCUT2D eigenvalue weighted by Crippen LogP contribution is -2.32. The van der Waals surface area contributed by atoms with E-state index in [1.54, 1.807) is 0 Å². The van der Waals surface area contributed by atoms with Crippen molar-refractivity contribution in [3.63, 3.8) is 0 Å². The smallest absolute Gasteiger partial charge is 0.324 e. The van der Waals surface area contributed by atoms with Gasteiger partial charge in [0.15, 0.2) is 5.41 Å². The van der Waals surface area contributed by atoms with Crippen LogP contribution in [0, 0.1) is 16.7 Å². The van der Waals surface area contributed by atoms with E-state index in [0.717, 1.165) is 0 Å². The van der Waals surface area contributed by atoms with Gasteiger partial charge in [-0.15, -0.1) is 0 Å². The average molecular weight is 210 g/mol. The highest BCUT2D eigenvalue weighted by molar-refractivity contribution is 6.07. The van der Waals surface area contributed by atoms with Crippen molar-refractivity contribution in [1.29, 1.82) is 0 Å². The molecule has 0 aromatic rings. The van der Waals surface area contributed by atoms with Gasteiger partial charge >= 0.3 is 11.9 Å². The molecule has 4 heteroatoms. The van der Waals surface area contributed by atoms with Gasteiger partial charge in [-0.05, 0) is 5.41 Å². The second-order valence-electron chi connectivity index (χ2n) is 4.57. The SMILES string of the molecule is C=CCOC(=O)C12C(=O)OCC1C2(C)C. The van der Waals surface area contributed by atoms with Crippen LogP contribution in [-0.2, 0) is 19.1 Å². The molecule has 1 saturated carbocycles. The molecule has 1 heterocycles. The summed E-state index contributed by atoms with van der Waals surface area (Å²) < 4.78 is 9.86. The molecule has 0 N–H and O–H groups in total. The first-order chi connectivity index (χ1) is 6.99. The van der Waals surface area contributed by atoms with Gasteiger partial charge in [0.1, 0.15) is 6.61 Å². The van der Waals surface area contributed by atoms with E-state index in [-0.39, 0.29) is 17.9 Å². The Kier molecular flexibility index (Phi) is 1.93. The molecule has 82 valence electrons. The van der Waals surface area contributed by atoms with Crippen LogP contribution in [0.15, 0.2) is 12.7 Å². The van der Waals surface area contributed by atoms with Crippen molar-refractivity contribution in [2.24, 2.45) is 16.7 Å². The third-order valence-electron chi connectivity index (χ3n) is 3.68. The van der Waals surface area contributed by atoms with Crippen LogP contribution < -0.4 is 0 Å². The predicted octanol–water partition coefficient (Wildman–Crippen LogP) is 0.915. The summed E-state index contributed by atoms with van der Waals surface area (Å²) in [5, 5.41) is 0. The standard InChI is InChI=1S/C11H14O4/c1-4-5-14-8(12)11-7(10(11,2)3)6-15-9(11)13/h4,7H,1,5-6H2,2-3H3. The summed E-state index contributed by atoms with van der Waals surface area (Å²) in [4.78, 5) is 23.4. The molecule has 0 bridgehead atoms. The van der Waals surface area contributed by atoms with Crippen molar-refractivity contribution >= 4 is 11.9 Å². The molecular weight excluding hydrogens is 196 g/mol. The molecule has 2 atom stereocenters. The van der Waals surface area contributed by atoms with Gasteiger partial charge in [-0.2, -0.15) is 0 Å². The predicted molar refractivity (Wildman–Crippen MR) is 51.8 cm³/mol. The molecule has 2 fully saturated rings. The van der Waals surface area contributed by atoms with Crippen LogP contribution in [0.2, 0.25) is 0 Å². The first-order valence-electron chi connectivity index (χ1n) is 4.95. The lowest BCUT2D eigenvalue weighted by molar-refractivity contribution is -0.162. The second-order valence-corrected chi connectivity index (χ2v) is 4.57.